The van der Waals surface area contributed by atoms with Crippen molar-refractivity contribution in [2.75, 3.05) is 13.1 Å². The van der Waals surface area contributed by atoms with E-state index in [0.29, 0.717) is 17.1 Å². The zero-order valence-corrected chi connectivity index (χ0v) is 19.7. The Bertz CT molecular complexity index is 1220. The van der Waals surface area contributed by atoms with E-state index >= 15 is 0 Å². The first-order chi connectivity index (χ1) is 17.2. The number of rotatable bonds is 7. The summed E-state index contributed by atoms with van der Waals surface area (Å²) in [5, 5.41) is 2.80. The second kappa shape index (κ2) is 10.8. The molecule has 10 heteroatoms. The van der Waals surface area contributed by atoms with Gasteiger partial charge in [-0.15, -0.1) is 13.2 Å². The van der Waals surface area contributed by atoms with Gasteiger partial charge in [0, 0.05) is 25.2 Å². The number of carbonyl (C=O) groups excluding carboxylic acids is 2. The molecule has 1 N–H and O–H groups in total. The molecular weight excluding hydrogens is 475 g/mol. The molecule has 1 fully saturated rings. The van der Waals surface area contributed by atoms with Crippen LogP contribution in [0.3, 0.4) is 0 Å². The highest BCUT2D eigenvalue weighted by Crippen LogP contribution is 2.25. The first kappa shape index (κ1) is 25.3. The lowest BCUT2D eigenvalue weighted by atomic mass is 10.0. The number of hydrogen-bond donors (Lipinski definition) is 1. The van der Waals surface area contributed by atoms with Gasteiger partial charge in [0.05, 0.1) is 6.42 Å². The minimum absolute atomic E-state index is 0.0213. The largest absolute Gasteiger partial charge is 0.573 e. The summed E-state index contributed by atoms with van der Waals surface area (Å²) < 4.78 is 46.2. The number of carbonyl (C=O) groups is 2. The van der Waals surface area contributed by atoms with Crippen LogP contribution in [-0.2, 0) is 17.8 Å². The minimum atomic E-state index is -4.76. The Morgan fingerprint density at radius 3 is 2.42 bits per heavy atom. The Labute approximate surface area is 206 Å². The summed E-state index contributed by atoms with van der Waals surface area (Å²) in [4.78, 5) is 31.1. The highest BCUT2D eigenvalue weighted by molar-refractivity contribution is 5.92. The van der Waals surface area contributed by atoms with Crippen LogP contribution in [0.1, 0.15) is 46.4 Å². The maximum Gasteiger partial charge on any atom is 0.573 e. The topological polar surface area (TPSA) is 84.7 Å². The molecule has 0 bridgehead atoms. The van der Waals surface area contributed by atoms with Crippen LogP contribution in [0.2, 0.25) is 0 Å². The van der Waals surface area contributed by atoms with Crippen LogP contribution in [0.25, 0.3) is 11.5 Å². The standard InChI is InChI=1S/C26H26F3N3O4/c1-17-13-19(15-30-23(33)14-18-5-8-20(9-6-18)36-26(27,28)29)7-10-21(17)24-31-22(16-35-24)25(34)32-11-3-2-4-12-32/h5-10,13,16H,2-4,11-12,14-15H2,1H3,(H,30,33). The van der Waals surface area contributed by atoms with Crippen molar-refractivity contribution in [2.45, 2.75) is 45.5 Å². The van der Waals surface area contributed by atoms with E-state index in [1.165, 1.54) is 30.5 Å². The molecule has 0 saturated carbocycles. The van der Waals surface area contributed by atoms with E-state index < -0.39 is 6.36 Å². The van der Waals surface area contributed by atoms with Crippen molar-refractivity contribution >= 4 is 11.8 Å². The number of benzene rings is 2. The summed E-state index contributed by atoms with van der Waals surface area (Å²) in [7, 11) is 0. The Morgan fingerprint density at radius 1 is 1.06 bits per heavy atom. The van der Waals surface area contributed by atoms with Gasteiger partial charge in [0.1, 0.15) is 12.0 Å². The van der Waals surface area contributed by atoms with E-state index in [2.05, 4.69) is 15.0 Å². The summed E-state index contributed by atoms with van der Waals surface area (Å²) in [6.45, 7) is 3.64. The van der Waals surface area contributed by atoms with Crippen LogP contribution >= 0.6 is 0 Å². The first-order valence-electron chi connectivity index (χ1n) is 11.6. The second-order valence-corrected chi connectivity index (χ2v) is 8.69. The van der Waals surface area contributed by atoms with Crippen molar-refractivity contribution in [1.82, 2.24) is 15.2 Å². The molecule has 1 aliphatic rings. The van der Waals surface area contributed by atoms with Crippen LogP contribution in [0, 0.1) is 6.92 Å². The van der Waals surface area contributed by atoms with E-state index in [0.717, 1.165) is 49.0 Å². The molecule has 4 rings (SSSR count). The monoisotopic (exact) mass is 501 g/mol. The minimum Gasteiger partial charge on any atom is -0.444 e. The van der Waals surface area contributed by atoms with Crippen LogP contribution in [0.4, 0.5) is 13.2 Å². The number of likely N-dealkylation sites (tertiary alicyclic amines) is 1. The van der Waals surface area contributed by atoms with Gasteiger partial charge in [-0.1, -0.05) is 24.3 Å². The van der Waals surface area contributed by atoms with E-state index in [4.69, 9.17) is 4.42 Å². The fourth-order valence-electron chi connectivity index (χ4n) is 4.09. The van der Waals surface area contributed by atoms with Crippen molar-refractivity contribution in [3.63, 3.8) is 0 Å². The molecule has 7 nitrogen and oxygen atoms in total. The number of hydrogen-bond acceptors (Lipinski definition) is 5. The number of nitrogens with one attached hydrogen (secondary N) is 1. The lowest BCUT2D eigenvalue weighted by molar-refractivity contribution is -0.274. The van der Waals surface area contributed by atoms with Gasteiger partial charge in [0.25, 0.3) is 5.91 Å². The van der Waals surface area contributed by atoms with Crippen LogP contribution in [0.5, 0.6) is 5.75 Å². The van der Waals surface area contributed by atoms with E-state index in [-0.39, 0.29) is 30.5 Å². The number of alkyl halides is 3. The predicted octanol–water partition coefficient (Wildman–Crippen LogP) is 5.03. The zero-order valence-electron chi connectivity index (χ0n) is 19.7. The molecule has 0 atom stereocenters. The lowest BCUT2D eigenvalue weighted by Crippen LogP contribution is -2.35. The van der Waals surface area contributed by atoms with Gasteiger partial charge in [-0.05, 0) is 61.1 Å². The highest BCUT2D eigenvalue weighted by Gasteiger charge is 2.31. The molecule has 2 aromatic carbocycles. The average molecular weight is 502 g/mol. The van der Waals surface area contributed by atoms with Crippen molar-refractivity contribution < 1.29 is 31.9 Å². The Morgan fingerprint density at radius 2 is 1.75 bits per heavy atom. The Hall–Kier alpha value is -3.82. The molecule has 190 valence electrons. The molecule has 1 saturated heterocycles. The first-order valence-corrected chi connectivity index (χ1v) is 11.6. The number of amides is 2. The summed E-state index contributed by atoms with van der Waals surface area (Å²) in [5.41, 5.74) is 3.34. The van der Waals surface area contributed by atoms with E-state index in [1.807, 2.05) is 25.1 Å². The summed E-state index contributed by atoms with van der Waals surface area (Å²) >= 11 is 0. The van der Waals surface area contributed by atoms with E-state index in [1.54, 1.807) is 4.90 Å². The summed E-state index contributed by atoms with van der Waals surface area (Å²) in [5.74, 6) is -0.364. The van der Waals surface area contributed by atoms with E-state index in [9.17, 15) is 22.8 Å². The summed E-state index contributed by atoms with van der Waals surface area (Å²) in [6, 6.07) is 10.7. The van der Waals surface area contributed by atoms with Crippen molar-refractivity contribution in [3.05, 3.63) is 71.1 Å². The van der Waals surface area contributed by atoms with Gasteiger partial charge >= 0.3 is 6.36 Å². The van der Waals surface area contributed by atoms with Gasteiger partial charge in [0.15, 0.2) is 5.69 Å². The maximum absolute atomic E-state index is 12.6. The average Bonchev–Trinajstić information content (AvgIpc) is 3.33. The molecule has 2 amide bonds. The molecule has 0 unspecified atom stereocenters. The number of piperidine rings is 1. The fourth-order valence-corrected chi connectivity index (χ4v) is 4.09. The molecule has 1 aromatic heterocycles. The Balaban J connectivity index is 1.32. The molecular formula is C26H26F3N3O4. The van der Waals surface area contributed by atoms with Gasteiger partial charge in [-0.2, -0.15) is 0 Å². The van der Waals surface area contributed by atoms with Crippen molar-refractivity contribution in [3.8, 4) is 17.2 Å². The van der Waals surface area contributed by atoms with Gasteiger partial charge < -0.3 is 19.4 Å². The maximum atomic E-state index is 12.6. The number of halogens is 3. The van der Waals surface area contributed by atoms with Crippen LogP contribution in [-0.4, -0.2) is 41.2 Å². The van der Waals surface area contributed by atoms with Gasteiger partial charge in [-0.25, -0.2) is 4.98 Å². The quantitative estimate of drug-likeness (QED) is 0.491. The smallest absolute Gasteiger partial charge is 0.444 e. The van der Waals surface area contributed by atoms with Crippen LogP contribution in [0.15, 0.2) is 53.1 Å². The second-order valence-electron chi connectivity index (χ2n) is 8.69. The fraction of sp³-hybridized carbons (Fsp3) is 0.346. The van der Waals surface area contributed by atoms with Crippen LogP contribution < -0.4 is 10.1 Å². The number of nitrogens with zero attached hydrogens (tertiary/aromatic N) is 2. The number of ether oxygens (including phenoxy) is 1. The third-order valence-electron chi connectivity index (χ3n) is 5.90. The molecule has 2 heterocycles. The summed E-state index contributed by atoms with van der Waals surface area (Å²) in [6.07, 6.45) is -0.220. The molecule has 0 radical (unpaired) electrons. The number of aromatic nitrogens is 1. The lowest BCUT2D eigenvalue weighted by Gasteiger charge is -2.25. The van der Waals surface area contributed by atoms with Gasteiger partial charge in [-0.3, -0.25) is 9.59 Å². The molecule has 0 aliphatic carbocycles. The molecule has 3 aromatic rings. The molecule has 0 spiro atoms. The third kappa shape index (κ3) is 6.65. The van der Waals surface area contributed by atoms with Crippen molar-refractivity contribution in [2.24, 2.45) is 0 Å². The normalized spacial score (nSPS) is 13.9. The highest BCUT2D eigenvalue weighted by atomic mass is 19.4. The Kier molecular flexibility index (Phi) is 7.61. The predicted molar refractivity (Wildman–Crippen MR) is 125 cm³/mol. The molecule has 36 heavy (non-hydrogen) atoms. The number of oxazole rings is 1. The number of aryl methyl sites for hydroxylation is 1. The third-order valence-corrected chi connectivity index (χ3v) is 5.90. The van der Waals surface area contributed by atoms with Crippen molar-refractivity contribution in [1.29, 1.82) is 0 Å². The van der Waals surface area contributed by atoms with Gasteiger partial charge in [0.2, 0.25) is 11.8 Å². The zero-order chi connectivity index (χ0) is 25.7. The molecule has 1 aliphatic heterocycles. The SMILES string of the molecule is Cc1cc(CNC(=O)Cc2ccc(OC(F)(F)F)cc2)ccc1-c1nc(C(=O)N2CCCCC2)co1.